The van der Waals surface area contributed by atoms with E-state index in [1.54, 1.807) is 0 Å². The molecule has 0 radical (unpaired) electrons. The van der Waals surface area contributed by atoms with Gasteiger partial charge in [-0.3, -0.25) is 4.79 Å². The minimum atomic E-state index is -0.278. The molecule has 0 aromatic heterocycles. The fourth-order valence-electron chi connectivity index (χ4n) is 2.45. The summed E-state index contributed by atoms with van der Waals surface area (Å²) < 4.78 is 6.35. The van der Waals surface area contributed by atoms with E-state index in [0.29, 0.717) is 11.7 Å². The highest BCUT2D eigenvalue weighted by molar-refractivity contribution is 9.10. The van der Waals surface area contributed by atoms with Crippen LogP contribution in [0.5, 0.6) is 5.75 Å². The van der Waals surface area contributed by atoms with E-state index in [1.807, 2.05) is 39.0 Å². The Kier molecular flexibility index (Phi) is 6.37. The van der Waals surface area contributed by atoms with E-state index >= 15 is 0 Å². The van der Waals surface area contributed by atoms with Gasteiger partial charge in [0.15, 0.2) is 6.61 Å². The molecular formula is C19H23BrN2O2. The number of halogens is 1. The van der Waals surface area contributed by atoms with Crippen molar-refractivity contribution in [1.82, 2.24) is 5.43 Å². The van der Waals surface area contributed by atoms with E-state index in [9.17, 15) is 4.79 Å². The number of hydrogen-bond acceptors (Lipinski definition) is 3. The monoisotopic (exact) mass is 390 g/mol. The van der Waals surface area contributed by atoms with E-state index in [1.165, 1.54) is 0 Å². The quantitative estimate of drug-likeness (QED) is 0.592. The molecule has 24 heavy (non-hydrogen) atoms. The normalized spacial score (nSPS) is 18.9. The third-order valence-corrected chi connectivity index (χ3v) is 4.68. The third-order valence-electron chi connectivity index (χ3n) is 4.06. The maximum absolute atomic E-state index is 12.0. The summed E-state index contributed by atoms with van der Waals surface area (Å²) in [6, 6.07) is 5.72. The van der Waals surface area contributed by atoms with Crippen molar-refractivity contribution in [3.63, 3.8) is 0 Å². The van der Waals surface area contributed by atoms with E-state index in [0.717, 1.165) is 39.7 Å². The zero-order chi connectivity index (χ0) is 17.7. The van der Waals surface area contributed by atoms with E-state index in [2.05, 4.69) is 39.1 Å². The molecule has 0 saturated heterocycles. The molecule has 1 N–H and O–H groups in total. The van der Waals surface area contributed by atoms with Crippen molar-refractivity contribution in [2.45, 2.75) is 33.6 Å². The van der Waals surface area contributed by atoms with Crippen molar-refractivity contribution in [3.8, 4) is 5.75 Å². The molecule has 1 aromatic carbocycles. The van der Waals surface area contributed by atoms with Crippen LogP contribution in [-0.4, -0.2) is 18.2 Å². The van der Waals surface area contributed by atoms with Gasteiger partial charge in [0, 0.05) is 0 Å². The van der Waals surface area contributed by atoms with Gasteiger partial charge in [0.25, 0.3) is 5.91 Å². The Morgan fingerprint density at radius 2 is 2.21 bits per heavy atom. The minimum Gasteiger partial charge on any atom is -0.483 e. The topological polar surface area (TPSA) is 50.7 Å². The summed E-state index contributed by atoms with van der Waals surface area (Å²) in [6.45, 7) is 9.98. The Morgan fingerprint density at radius 1 is 1.46 bits per heavy atom. The maximum Gasteiger partial charge on any atom is 0.277 e. The molecule has 5 heteroatoms. The summed E-state index contributed by atoms with van der Waals surface area (Å²) in [5.41, 5.74) is 6.86. The van der Waals surface area contributed by atoms with Crippen LogP contribution in [0, 0.1) is 12.8 Å². The molecule has 0 bridgehead atoms. The van der Waals surface area contributed by atoms with Crippen LogP contribution < -0.4 is 10.2 Å². The zero-order valence-electron chi connectivity index (χ0n) is 14.4. The largest absolute Gasteiger partial charge is 0.483 e. The Morgan fingerprint density at radius 3 is 2.88 bits per heavy atom. The van der Waals surface area contributed by atoms with Gasteiger partial charge < -0.3 is 4.74 Å². The molecule has 0 fully saturated rings. The number of benzene rings is 1. The number of carbonyl (C=O) groups is 1. The van der Waals surface area contributed by atoms with Gasteiger partial charge in [-0.15, -0.1) is 0 Å². The van der Waals surface area contributed by atoms with Gasteiger partial charge in [-0.1, -0.05) is 24.3 Å². The second kappa shape index (κ2) is 8.29. The third kappa shape index (κ3) is 5.06. The number of nitrogens with one attached hydrogen (secondary N) is 1. The maximum atomic E-state index is 12.0. The Balaban J connectivity index is 1.91. The second-order valence-electron chi connectivity index (χ2n) is 6.19. The summed E-state index contributed by atoms with van der Waals surface area (Å²) in [7, 11) is 0. The smallest absolute Gasteiger partial charge is 0.277 e. The first kappa shape index (κ1) is 18.5. The highest BCUT2D eigenvalue weighted by Gasteiger charge is 2.18. The van der Waals surface area contributed by atoms with Crippen LogP contribution in [-0.2, 0) is 4.79 Å². The first-order valence-corrected chi connectivity index (χ1v) is 8.73. The lowest BCUT2D eigenvalue weighted by molar-refractivity contribution is -0.123. The molecule has 1 unspecified atom stereocenters. The number of hydrogen-bond donors (Lipinski definition) is 1. The highest BCUT2D eigenvalue weighted by Crippen LogP contribution is 2.27. The average Bonchev–Trinajstić information content (AvgIpc) is 2.53. The van der Waals surface area contributed by atoms with Crippen molar-refractivity contribution in [3.05, 3.63) is 52.0 Å². The fraction of sp³-hybridized carbons (Fsp3) is 0.368. The second-order valence-corrected chi connectivity index (χ2v) is 7.04. The molecule has 2 rings (SSSR count). The number of ether oxygens (including phenoxy) is 1. The van der Waals surface area contributed by atoms with Crippen molar-refractivity contribution < 1.29 is 9.53 Å². The van der Waals surface area contributed by atoms with Crippen LogP contribution in [0.3, 0.4) is 0 Å². The van der Waals surface area contributed by atoms with Crippen molar-refractivity contribution in [1.29, 1.82) is 0 Å². The van der Waals surface area contributed by atoms with Gasteiger partial charge in [0.2, 0.25) is 0 Å². The van der Waals surface area contributed by atoms with Crippen LogP contribution in [0.2, 0.25) is 0 Å². The van der Waals surface area contributed by atoms with Crippen molar-refractivity contribution in [2.24, 2.45) is 11.0 Å². The highest BCUT2D eigenvalue weighted by atomic mass is 79.9. The minimum absolute atomic E-state index is 0.0783. The summed E-state index contributed by atoms with van der Waals surface area (Å²) in [6.07, 6.45) is 3.94. The number of rotatable bonds is 5. The summed E-state index contributed by atoms with van der Waals surface area (Å²) in [5.74, 6) is 0.754. The van der Waals surface area contributed by atoms with E-state index in [4.69, 9.17) is 4.74 Å². The lowest BCUT2D eigenvalue weighted by atomic mass is 9.85. The van der Waals surface area contributed by atoms with Gasteiger partial charge >= 0.3 is 0 Å². The number of nitrogens with zero attached hydrogens (tertiary/aromatic N) is 1. The molecule has 128 valence electrons. The molecule has 0 heterocycles. The van der Waals surface area contributed by atoms with Gasteiger partial charge in [-0.05, 0) is 78.7 Å². The van der Waals surface area contributed by atoms with Crippen LogP contribution in [0.15, 0.2) is 51.6 Å². The first-order valence-electron chi connectivity index (χ1n) is 7.93. The lowest BCUT2D eigenvalue weighted by Crippen LogP contribution is -2.27. The van der Waals surface area contributed by atoms with Crippen molar-refractivity contribution >= 4 is 27.5 Å². The van der Waals surface area contributed by atoms with Gasteiger partial charge in [-0.2, -0.15) is 5.10 Å². The zero-order valence-corrected chi connectivity index (χ0v) is 15.9. The molecule has 1 aromatic rings. The van der Waals surface area contributed by atoms with Crippen LogP contribution in [0.4, 0.5) is 0 Å². The van der Waals surface area contributed by atoms with Gasteiger partial charge in [0.1, 0.15) is 5.75 Å². The van der Waals surface area contributed by atoms with E-state index in [-0.39, 0.29) is 12.5 Å². The number of aryl methyl sites for hydroxylation is 1. The summed E-state index contributed by atoms with van der Waals surface area (Å²) >= 11 is 3.43. The Hall–Kier alpha value is -1.88. The predicted molar refractivity (Wildman–Crippen MR) is 101 cm³/mol. The van der Waals surface area contributed by atoms with Crippen molar-refractivity contribution in [2.75, 3.05) is 6.61 Å². The molecular weight excluding hydrogens is 368 g/mol. The molecule has 1 amide bonds. The van der Waals surface area contributed by atoms with Crippen LogP contribution >= 0.6 is 15.9 Å². The molecule has 1 aliphatic carbocycles. The molecule has 0 saturated carbocycles. The number of allylic oxidation sites excluding steroid dienone is 3. The lowest BCUT2D eigenvalue weighted by Gasteiger charge is -2.22. The SMILES string of the molecule is C=C(C)C1CC=C(C)/C(=N\NC(=O)COc2ccc(C)cc2Br)C1. The molecule has 0 spiro atoms. The summed E-state index contributed by atoms with van der Waals surface area (Å²) in [5, 5.41) is 4.26. The molecule has 1 atom stereocenters. The standard InChI is InChI=1S/C19H23BrN2O2/c1-12(2)15-7-6-14(4)17(10-15)21-22-19(23)11-24-18-8-5-13(3)9-16(18)20/h5-6,8-9,15H,1,7,10-11H2,2-4H3,(H,22,23)/b21-17-. The fourth-order valence-corrected chi connectivity index (χ4v) is 3.06. The van der Waals surface area contributed by atoms with Gasteiger partial charge in [-0.25, -0.2) is 5.43 Å². The van der Waals surface area contributed by atoms with Crippen LogP contribution in [0.1, 0.15) is 32.3 Å². The van der Waals surface area contributed by atoms with E-state index < -0.39 is 0 Å². The molecule has 0 aliphatic heterocycles. The average molecular weight is 391 g/mol. The summed E-state index contributed by atoms with van der Waals surface area (Å²) in [4.78, 5) is 12.0. The number of amides is 1. The predicted octanol–water partition coefficient (Wildman–Crippen LogP) is 4.54. The van der Waals surface area contributed by atoms with Gasteiger partial charge in [0.05, 0.1) is 10.2 Å². The van der Waals surface area contributed by atoms with Crippen LogP contribution in [0.25, 0.3) is 0 Å². The molecule has 1 aliphatic rings. The number of carbonyl (C=O) groups excluding carboxylic acids is 1. The number of hydrazone groups is 1. The Bertz CT molecular complexity index is 707. The first-order chi connectivity index (χ1) is 11.4. The Labute approximate surface area is 151 Å². The molecule has 4 nitrogen and oxygen atoms in total.